The second kappa shape index (κ2) is 5.91. The van der Waals surface area contributed by atoms with Crippen LogP contribution in [-0.2, 0) is 18.9 Å². The Morgan fingerprint density at radius 3 is 2.60 bits per heavy atom. The quantitative estimate of drug-likeness (QED) is 0.781. The molecule has 0 amide bonds. The van der Waals surface area contributed by atoms with Crippen LogP contribution in [-0.4, -0.2) is 40.5 Å². The minimum absolute atomic E-state index is 0.225. The fraction of sp³-hybridized carbons (Fsp3) is 0.471. The van der Waals surface area contributed by atoms with Crippen LogP contribution >= 0.6 is 0 Å². The van der Waals surface area contributed by atoms with Crippen LogP contribution in [0.5, 0.6) is 0 Å². The Kier molecular flexibility index (Phi) is 3.82. The average Bonchev–Trinajstić information content (AvgIpc) is 3.21. The molecule has 2 aliphatic rings. The molecular formula is C17H18N2O6. The van der Waals surface area contributed by atoms with E-state index in [1.165, 1.54) is 0 Å². The Morgan fingerprint density at radius 1 is 1.16 bits per heavy atom. The molecule has 0 spiro atoms. The van der Waals surface area contributed by atoms with Crippen molar-refractivity contribution in [3.8, 4) is 0 Å². The molecule has 4 rings (SSSR count). The Hall–Kier alpha value is -2.29. The van der Waals surface area contributed by atoms with E-state index in [1.807, 2.05) is 6.07 Å². The lowest BCUT2D eigenvalue weighted by Gasteiger charge is -2.24. The summed E-state index contributed by atoms with van der Waals surface area (Å²) >= 11 is 0. The minimum atomic E-state index is -0.831. The zero-order valence-corrected chi connectivity index (χ0v) is 14.0. The van der Waals surface area contributed by atoms with Gasteiger partial charge in [0.05, 0.1) is 5.56 Å². The number of rotatable bonds is 3. The number of aryl methyl sites for hydroxylation is 1. The lowest BCUT2D eigenvalue weighted by molar-refractivity contribution is -0.218. The van der Waals surface area contributed by atoms with Crippen LogP contribution in [0.2, 0.25) is 0 Å². The van der Waals surface area contributed by atoms with Gasteiger partial charge in [0, 0.05) is 6.92 Å². The van der Waals surface area contributed by atoms with E-state index in [9.17, 15) is 4.79 Å². The first kappa shape index (κ1) is 16.2. The van der Waals surface area contributed by atoms with Crippen molar-refractivity contribution in [3.63, 3.8) is 0 Å². The fourth-order valence-corrected chi connectivity index (χ4v) is 3.00. The molecule has 4 atom stereocenters. The summed E-state index contributed by atoms with van der Waals surface area (Å²) in [4.78, 5) is 12.5. The summed E-state index contributed by atoms with van der Waals surface area (Å²) in [5.74, 6) is -0.694. The molecule has 0 N–H and O–H groups in total. The third-order valence-corrected chi connectivity index (χ3v) is 4.03. The van der Waals surface area contributed by atoms with Crippen molar-refractivity contribution < 1.29 is 28.2 Å². The highest BCUT2D eigenvalue weighted by atomic mass is 16.8. The summed E-state index contributed by atoms with van der Waals surface area (Å²) in [5, 5.41) is 7.78. The third kappa shape index (κ3) is 3.04. The molecule has 2 aromatic rings. The average molecular weight is 346 g/mol. The number of nitrogens with zero attached hydrogens (tertiary/aromatic N) is 2. The SMILES string of the molecule is Cc1nnc([C@H]2O[C@@H]3OC(C)(C)O[C@@H]3[C@H]2OC(=O)c2ccccc2)o1. The van der Waals surface area contributed by atoms with E-state index in [2.05, 4.69) is 10.2 Å². The summed E-state index contributed by atoms with van der Waals surface area (Å²) < 4.78 is 28.6. The van der Waals surface area contributed by atoms with E-state index >= 15 is 0 Å². The van der Waals surface area contributed by atoms with Gasteiger partial charge in [-0.05, 0) is 26.0 Å². The minimum Gasteiger partial charge on any atom is -0.452 e. The van der Waals surface area contributed by atoms with Gasteiger partial charge in [-0.1, -0.05) is 18.2 Å². The normalized spacial score (nSPS) is 30.2. The predicted octanol–water partition coefficient (Wildman–Crippen LogP) is 2.15. The molecule has 0 bridgehead atoms. The van der Waals surface area contributed by atoms with Gasteiger partial charge in [0.15, 0.2) is 30.4 Å². The van der Waals surface area contributed by atoms with Gasteiger partial charge in [0.2, 0.25) is 11.8 Å². The Labute approximate surface area is 144 Å². The molecule has 8 nitrogen and oxygen atoms in total. The summed E-state index contributed by atoms with van der Waals surface area (Å²) in [6.45, 7) is 5.22. The molecule has 2 saturated heterocycles. The summed E-state index contributed by atoms with van der Waals surface area (Å²) in [5.41, 5.74) is 0.435. The third-order valence-electron chi connectivity index (χ3n) is 4.03. The van der Waals surface area contributed by atoms with E-state index in [0.717, 1.165) is 0 Å². The molecule has 3 heterocycles. The molecule has 1 aromatic heterocycles. The van der Waals surface area contributed by atoms with Crippen molar-refractivity contribution in [3.05, 3.63) is 47.7 Å². The monoisotopic (exact) mass is 346 g/mol. The molecule has 2 fully saturated rings. The predicted molar refractivity (Wildman–Crippen MR) is 82.3 cm³/mol. The van der Waals surface area contributed by atoms with Crippen LogP contribution in [0.25, 0.3) is 0 Å². The maximum absolute atomic E-state index is 12.5. The standard InChI is InChI=1S/C17H18N2O6/c1-9-18-19-14(21-9)12-11(13-16(23-12)25-17(2,3)24-13)22-15(20)10-7-5-4-6-8-10/h4-8,11-13,16H,1-3H3/t11-,12-,13+,16+/m0/s1. The lowest BCUT2D eigenvalue weighted by Crippen LogP contribution is -2.35. The zero-order valence-electron chi connectivity index (χ0n) is 14.0. The molecule has 0 unspecified atom stereocenters. The number of ether oxygens (including phenoxy) is 4. The van der Waals surface area contributed by atoms with Gasteiger partial charge in [-0.3, -0.25) is 0 Å². The maximum atomic E-state index is 12.5. The summed E-state index contributed by atoms with van der Waals surface area (Å²) in [6.07, 6.45) is -2.78. The number of hydrogen-bond acceptors (Lipinski definition) is 8. The van der Waals surface area contributed by atoms with Crippen molar-refractivity contribution in [1.29, 1.82) is 0 Å². The number of carbonyl (C=O) groups excluding carboxylic acids is 1. The molecule has 0 saturated carbocycles. The van der Waals surface area contributed by atoms with E-state index in [0.29, 0.717) is 11.5 Å². The smallest absolute Gasteiger partial charge is 0.338 e. The van der Waals surface area contributed by atoms with Gasteiger partial charge in [-0.25, -0.2) is 4.79 Å². The maximum Gasteiger partial charge on any atom is 0.338 e. The molecule has 8 heteroatoms. The second-order valence-corrected chi connectivity index (χ2v) is 6.42. The first-order valence-electron chi connectivity index (χ1n) is 8.00. The lowest BCUT2D eigenvalue weighted by atomic mass is 10.1. The number of benzene rings is 1. The molecule has 0 aliphatic carbocycles. The first-order chi connectivity index (χ1) is 11.9. The highest BCUT2D eigenvalue weighted by Gasteiger charge is 2.58. The van der Waals surface area contributed by atoms with Crippen LogP contribution in [0.1, 0.15) is 42.1 Å². The Morgan fingerprint density at radius 2 is 1.92 bits per heavy atom. The summed E-state index contributed by atoms with van der Waals surface area (Å²) in [6, 6.07) is 8.71. The first-order valence-corrected chi connectivity index (χ1v) is 8.00. The molecule has 25 heavy (non-hydrogen) atoms. The van der Waals surface area contributed by atoms with Gasteiger partial charge >= 0.3 is 5.97 Å². The summed E-state index contributed by atoms with van der Waals surface area (Å²) in [7, 11) is 0. The topological polar surface area (TPSA) is 92.9 Å². The number of fused-ring (bicyclic) bond motifs is 1. The van der Waals surface area contributed by atoms with E-state index in [-0.39, 0.29) is 5.89 Å². The van der Waals surface area contributed by atoms with E-state index < -0.39 is 36.4 Å². The van der Waals surface area contributed by atoms with Crippen molar-refractivity contribution >= 4 is 5.97 Å². The highest BCUT2D eigenvalue weighted by molar-refractivity contribution is 5.89. The Bertz CT molecular complexity index is 774. The molecular weight excluding hydrogens is 328 g/mol. The number of carbonyl (C=O) groups is 1. The molecule has 2 aliphatic heterocycles. The van der Waals surface area contributed by atoms with Crippen LogP contribution in [0.3, 0.4) is 0 Å². The van der Waals surface area contributed by atoms with Crippen LogP contribution < -0.4 is 0 Å². The molecule has 0 radical (unpaired) electrons. The van der Waals surface area contributed by atoms with Crippen LogP contribution in [0.15, 0.2) is 34.7 Å². The second-order valence-electron chi connectivity index (χ2n) is 6.42. The van der Waals surface area contributed by atoms with Crippen LogP contribution in [0, 0.1) is 6.92 Å². The highest BCUT2D eigenvalue weighted by Crippen LogP contribution is 2.44. The van der Waals surface area contributed by atoms with Gasteiger partial charge in [0.1, 0.15) is 0 Å². The van der Waals surface area contributed by atoms with Crippen molar-refractivity contribution in [1.82, 2.24) is 10.2 Å². The number of esters is 1. The van der Waals surface area contributed by atoms with Gasteiger partial charge in [-0.15, -0.1) is 10.2 Å². The van der Waals surface area contributed by atoms with Gasteiger partial charge < -0.3 is 23.4 Å². The van der Waals surface area contributed by atoms with Crippen molar-refractivity contribution in [2.24, 2.45) is 0 Å². The molecule has 1 aromatic carbocycles. The number of aromatic nitrogens is 2. The van der Waals surface area contributed by atoms with Gasteiger partial charge in [-0.2, -0.15) is 0 Å². The Balaban J connectivity index is 1.61. The zero-order chi connectivity index (χ0) is 17.6. The van der Waals surface area contributed by atoms with Crippen molar-refractivity contribution in [2.75, 3.05) is 0 Å². The van der Waals surface area contributed by atoms with E-state index in [1.54, 1.807) is 45.0 Å². The van der Waals surface area contributed by atoms with Gasteiger partial charge in [0.25, 0.3) is 0 Å². The fourth-order valence-electron chi connectivity index (χ4n) is 3.00. The number of hydrogen-bond donors (Lipinski definition) is 0. The van der Waals surface area contributed by atoms with Crippen molar-refractivity contribution in [2.45, 2.75) is 51.2 Å². The largest absolute Gasteiger partial charge is 0.452 e. The van der Waals surface area contributed by atoms with Crippen LogP contribution in [0.4, 0.5) is 0 Å². The molecule has 132 valence electrons. The van der Waals surface area contributed by atoms with E-state index in [4.69, 9.17) is 23.4 Å².